The monoisotopic (exact) mass is 438 g/mol. The number of aromatic nitrogens is 1. The summed E-state index contributed by atoms with van der Waals surface area (Å²) in [6.45, 7) is 7.21. The number of hydrogen-bond acceptors (Lipinski definition) is 6. The van der Waals surface area contributed by atoms with Gasteiger partial charge in [-0.2, -0.15) is 0 Å². The largest absolute Gasteiger partial charge is 0.507 e. The lowest BCUT2D eigenvalue weighted by atomic mass is 10.1. The fourth-order valence-electron chi connectivity index (χ4n) is 2.07. The average molecular weight is 439 g/mol. The molecule has 0 aliphatic rings. The molecule has 0 fully saturated rings. The Labute approximate surface area is 180 Å². The van der Waals surface area contributed by atoms with Gasteiger partial charge in [0.05, 0.1) is 11.9 Å². The number of benzene rings is 1. The molecule has 156 valence electrons. The van der Waals surface area contributed by atoms with E-state index in [1.54, 1.807) is 32.0 Å². The Morgan fingerprint density at radius 2 is 2.03 bits per heavy atom. The zero-order chi connectivity index (χ0) is 21.8. The summed E-state index contributed by atoms with van der Waals surface area (Å²) in [5, 5.41) is 17.6. The average Bonchev–Trinajstić information content (AvgIpc) is 3.14. The lowest BCUT2D eigenvalue weighted by Crippen LogP contribution is -2.04. The molecule has 0 aliphatic carbocycles. The Kier molecular flexibility index (Phi) is 10.8. The number of oxime groups is 1. The summed E-state index contributed by atoms with van der Waals surface area (Å²) in [6, 6.07) is 6.64. The van der Waals surface area contributed by atoms with Crippen LogP contribution in [0.2, 0.25) is 0 Å². The van der Waals surface area contributed by atoms with Gasteiger partial charge in [-0.15, -0.1) is 11.6 Å². The lowest BCUT2D eigenvalue weighted by Gasteiger charge is -2.02. The molecule has 1 heterocycles. The smallest absolute Gasteiger partial charge is 0.370 e. The minimum absolute atomic E-state index is 0.0703. The number of allylic oxidation sites excluding steroid dienone is 4. The van der Waals surface area contributed by atoms with Gasteiger partial charge in [-0.25, -0.2) is 4.79 Å². The van der Waals surface area contributed by atoms with Crippen LogP contribution >= 0.6 is 23.2 Å². The predicted octanol–water partition coefficient (Wildman–Crippen LogP) is 5.97. The van der Waals surface area contributed by atoms with Crippen LogP contribution in [0.5, 0.6) is 5.75 Å². The molecule has 0 amide bonds. The number of rotatable bonds is 6. The molecule has 29 heavy (non-hydrogen) atoms. The van der Waals surface area contributed by atoms with Crippen LogP contribution in [0.25, 0.3) is 0 Å². The van der Waals surface area contributed by atoms with E-state index < -0.39 is 5.97 Å². The molecule has 0 atom stereocenters. The topological polar surface area (TPSA) is 84.9 Å². The number of carbonyl (C=O) groups excluding carboxylic acids is 1. The summed E-state index contributed by atoms with van der Waals surface area (Å²) < 4.78 is 4.76. The molecule has 0 aliphatic heterocycles. The van der Waals surface area contributed by atoms with Gasteiger partial charge in [0.2, 0.25) is 0 Å². The van der Waals surface area contributed by atoms with Gasteiger partial charge in [0, 0.05) is 16.5 Å². The van der Waals surface area contributed by atoms with Gasteiger partial charge in [0.15, 0.2) is 0 Å². The van der Waals surface area contributed by atoms with Crippen molar-refractivity contribution in [2.75, 3.05) is 5.88 Å². The van der Waals surface area contributed by atoms with E-state index in [4.69, 9.17) is 32.6 Å². The van der Waals surface area contributed by atoms with E-state index in [9.17, 15) is 9.90 Å². The maximum atomic E-state index is 11.7. The fourth-order valence-corrected chi connectivity index (χ4v) is 2.80. The molecule has 1 aromatic heterocycles. The maximum Gasteiger partial charge on any atom is 0.370 e. The highest BCUT2D eigenvalue weighted by atomic mass is 35.5. The summed E-state index contributed by atoms with van der Waals surface area (Å²) in [4.78, 5) is 16.4. The highest BCUT2D eigenvalue weighted by Gasteiger charge is 2.15. The van der Waals surface area contributed by atoms with Crippen molar-refractivity contribution >= 4 is 34.9 Å². The third kappa shape index (κ3) is 7.75. The number of carbonyl (C=O) groups is 1. The Bertz CT molecular complexity index is 896. The standard InChI is InChI=1S/C13H12N2O4.C8H12Cl2/c1-8(10-5-3-4-6-12(10)16)15-19-13(17)11-7-14-18-9(11)2;1-3-5-8(10)7(4-2)6-9/h3-7,16H,1-2H3;3,5H,4,6H2,1-2H3/b15-8+;5-3-,8-7+. The molecule has 0 unspecified atom stereocenters. The summed E-state index contributed by atoms with van der Waals surface area (Å²) in [6.07, 6.45) is 5.96. The van der Waals surface area contributed by atoms with Crippen LogP contribution in [0.1, 0.15) is 48.9 Å². The fraction of sp³-hybridized carbons (Fsp3) is 0.286. The highest BCUT2D eigenvalue weighted by Crippen LogP contribution is 2.17. The molecule has 2 rings (SSSR count). The van der Waals surface area contributed by atoms with E-state index in [1.165, 1.54) is 12.3 Å². The van der Waals surface area contributed by atoms with Crippen molar-refractivity contribution < 1.29 is 19.3 Å². The van der Waals surface area contributed by atoms with Crippen LogP contribution < -0.4 is 0 Å². The van der Waals surface area contributed by atoms with Crippen LogP contribution in [0.3, 0.4) is 0 Å². The van der Waals surface area contributed by atoms with Gasteiger partial charge in [-0.1, -0.05) is 47.0 Å². The molecule has 0 saturated carbocycles. The van der Waals surface area contributed by atoms with Crippen LogP contribution in [0.15, 0.2) is 62.9 Å². The van der Waals surface area contributed by atoms with Crippen molar-refractivity contribution in [1.82, 2.24) is 5.16 Å². The zero-order valence-electron chi connectivity index (χ0n) is 16.8. The molecular formula is C21H24Cl2N2O4. The number of phenols is 1. The molecular weight excluding hydrogens is 415 g/mol. The van der Waals surface area contributed by atoms with E-state index >= 15 is 0 Å². The van der Waals surface area contributed by atoms with E-state index in [-0.39, 0.29) is 11.3 Å². The van der Waals surface area contributed by atoms with E-state index in [0.717, 1.165) is 17.0 Å². The van der Waals surface area contributed by atoms with Crippen molar-refractivity contribution in [3.05, 3.63) is 70.1 Å². The molecule has 8 heteroatoms. The summed E-state index contributed by atoms with van der Waals surface area (Å²) in [5.41, 5.74) is 2.20. The number of phenolic OH excluding ortho intramolecular Hbond substituents is 1. The molecule has 2 aromatic rings. The van der Waals surface area contributed by atoms with Gasteiger partial charge in [0.25, 0.3) is 0 Å². The van der Waals surface area contributed by atoms with Gasteiger partial charge in [0.1, 0.15) is 17.1 Å². The molecule has 0 spiro atoms. The normalized spacial score (nSPS) is 12.3. The number of aromatic hydroxyl groups is 1. The minimum atomic E-state index is -0.659. The first-order valence-electron chi connectivity index (χ1n) is 8.87. The zero-order valence-corrected chi connectivity index (χ0v) is 18.3. The number of alkyl halides is 1. The maximum absolute atomic E-state index is 11.7. The summed E-state index contributed by atoms with van der Waals surface area (Å²) in [5.74, 6) is 0.300. The van der Waals surface area contributed by atoms with E-state index in [0.29, 0.717) is 22.9 Å². The van der Waals surface area contributed by atoms with Gasteiger partial charge in [-0.3, -0.25) is 0 Å². The summed E-state index contributed by atoms with van der Waals surface area (Å²) >= 11 is 11.5. The van der Waals surface area contributed by atoms with Gasteiger partial charge in [-0.05, 0) is 51.0 Å². The van der Waals surface area contributed by atoms with Gasteiger partial charge >= 0.3 is 5.97 Å². The molecule has 1 N–H and O–H groups in total. The first-order valence-corrected chi connectivity index (χ1v) is 9.78. The number of halogens is 2. The molecule has 0 bridgehead atoms. The van der Waals surface area contributed by atoms with Crippen LogP contribution in [0.4, 0.5) is 0 Å². The van der Waals surface area contributed by atoms with Gasteiger partial charge < -0.3 is 14.5 Å². The second-order valence-electron chi connectivity index (χ2n) is 5.81. The lowest BCUT2D eigenvalue weighted by molar-refractivity contribution is 0.0514. The van der Waals surface area contributed by atoms with Crippen LogP contribution in [0, 0.1) is 6.92 Å². The number of nitrogens with zero attached hydrogens (tertiary/aromatic N) is 2. The Morgan fingerprint density at radius 1 is 1.34 bits per heavy atom. The Morgan fingerprint density at radius 3 is 2.55 bits per heavy atom. The van der Waals surface area contributed by atoms with Crippen molar-refractivity contribution in [3.63, 3.8) is 0 Å². The van der Waals surface area contributed by atoms with E-state index in [2.05, 4.69) is 10.3 Å². The third-order valence-corrected chi connectivity index (χ3v) is 4.48. The number of hydrogen-bond donors (Lipinski definition) is 1. The molecule has 1 aromatic carbocycles. The van der Waals surface area contributed by atoms with Crippen molar-refractivity contribution in [1.29, 1.82) is 0 Å². The first-order chi connectivity index (χ1) is 13.8. The Hall–Kier alpha value is -2.57. The first kappa shape index (κ1) is 24.5. The SMILES string of the molecule is C/C(=N\OC(=O)c1cnoc1C)c1ccccc1O.C/C=C\C(Cl)=C(\CC)CCl. The third-order valence-electron chi connectivity index (χ3n) is 3.77. The second-order valence-corrected chi connectivity index (χ2v) is 6.48. The Balaban J connectivity index is 0.000000359. The predicted molar refractivity (Wildman–Crippen MR) is 116 cm³/mol. The molecule has 0 saturated heterocycles. The van der Waals surface area contributed by atoms with Crippen LogP contribution in [-0.4, -0.2) is 27.8 Å². The van der Waals surface area contributed by atoms with Crippen molar-refractivity contribution in [2.45, 2.75) is 34.1 Å². The second kappa shape index (κ2) is 12.8. The van der Waals surface area contributed by atoms with Crippen molar-refractivity contribution in [2.24, 2.45) is 5.16 Å². The minimum Gasteiger partial charge on any atom is -0.507 e. The van der Waals surface area contributed by atoms with Crippen LogP contribution in [-0.2, 0) is 4.84 Å². The van der Waals surface area contributed by atoms with E-state index in [1.807, 2.05) is 26.0 Å². The summed E-state index contributed by atoms with van der Waals surface area (Å²) in [7, 11) is 0. The van der Waals surface area contributed by atoms with Crippen molar-refractivity contribution in [3.8, 4) is 5.75 Å². The molecule has 6 nitrogen and oxygen atoms in total. The number of para-hydroxylation sites is 1. The molecule has 0 radical (unpaired) electrons. The number of aryl methyl sites for hydroxylation is 1. The quantitative estimate of drug-likeness (QED) is 0.197. The highest BCUT2D eigenvalue weighted by molar-refractivity contribution is 6.32.